The molecule has 120 valence electrons. The first kappa shape index (κ1) is 16.0. The van der Waals surface area contributed by atoms with Gasteiger partial charge in [0.2, 0.25) is 5.04 Å². The Kier molecular flexibility index (Phi) is 4.26. The maximum Gasteiger partial charge on any atom is 0.243 e. The number of fused-ring (bicyclic) bond motifs is 2. The fourth-order valence-electron chi connectivity index (χ4n) is 3.28. The highest BCUT2D eigenvalue weighted by Gasteiger charge is 2.39. The number of nitrogens with zero attached hydrogens (tertiary/aromatic N) is 2. The van der Waals surface area contributed by atoms with Gasteiger partial charge in [0.25, 0.3) is 0 Å². The first-order chi connectivity index (χ1) is 11.0. The number of hydrogen-bond donors (Lipinski definition) is 0. The van der Waals surface area contributed by atoms with Gasteiger partial charge in [0.1, 0.15) is 12.0 Å². The zero-order valence-corrected chi connectivity index (χ0v) is 16.1. The summed E-state index contributed by atoms with van der Waals surface area (Å²) in [6.45, 7) is 0. The molecule has 0 N–H and O–H groups in total. The Balaban J connectivity index is 1.62. The van der Waals surface area contributed by atoms with Crippen LogP contribution in [0.4, 0.5) is 0 Å². The number of hydrogen-bond acceptors (Lipinski definition) is 3. The van der Waals surface area contributed by atoms with E-state index >= 15 is 0 Å². The molecule has 4 rings (SSSR count). The SMILES string of the molecule is CN1C(=CC2=[N+](C)C3CC(Cl)=C=C=C3S2)SC2=CCC(Cl)CC21. The highest BCUT2D eigenvalue weighted by atomic mass is 35.5. The summed E-state index contributed by atoms with van der Waals surface area (Å²) in [7, 11) is 4.30. The summed E-state index contributed by atoms with van der Waals surface area (Å²) in [5.74, 6) is 0. The van der Waals surface area contributed by atoms with Gasteiger partial charge in [-0.05, 0) is 24.6 Å². The molecular formula is C17H17Cl2N2S2+. The summed E-state index contributed by atoms with van der Waals surface area (Å²) in [6, 6.07) is 0.753. The van der Waals surface area contributed by atoms with Crippen LogP contribution in [0.1, 0.15) is 19.3 Å². The molecule has 3 unspecified atom stereocenters. The average Bonchev–Trinajstić information content (AvgIpc) is 2.99. The van der Waals surface area contributed by atoms with Crippen molar-refractivity contribution in [2.75, 3.05) is 14.1 Å². The van der Waals surface area contributed by atoms with Crippen molar-refractivity contribution in [3.05, 3.63) is 43.5 Å². The van der Waals surface area contributed by atoms with Gasteiger partial charge in [-0.1, -0.05) is 40.9 Å². The first-order valence-electron chi connectivity index (χ1n) is 7.67. The summed E-state index contributed by atoms with van der Waals surface area (Å²) in [6.07, 6.45) is 7.43. The Labute approximate surface area is 155 Å². The van der Waals surface area contributed by atoms with Gasteiger partial charge in [-0.25, -0.2) is 4.58 Å². The van der Waals surface area contributed by atoms with Crippen molar-refractivity contribution in [1.82, 2.24) is 4.90 Å². The minimum absolute atomic E-state index is 0.258. The monoisotopic (exact) mass is 383 g/mol. The number of allylic oxidation sites excluding steroid dienone is 1. The molecule has 1 fully saturated rings. The van der Waals surface area contributed by atoms with Crippen molar-refractivity contribution >= 4 is 51.8 Å². The normalized spacial score (nSPS) is 34.4. The smallest absolute Gasteiger partial charge is 0.243 e. The maximum absolute atomic E-state index is 6.34. The van der Waals surface area contributed by atoms with Crippen LogP contribution in [0.2, 0.25) is 0 Å². The van der Waals surface area contributed by atoms with E-state index in [4.69, 9.17) is 23.2 Å². The molecule has 2 aliphatic carbocycles. The average molecular weight is 384 g/mol. The molecule has 0 aromatic carbocycles. The molecule has 3 atom stereocenters. The quantitative estimate of drug-likeness (QED) is 0.374. The number of thioether (sulfide) groups is 2. The van der Waals surface area contributed by atoms with Gasteiger partial charge in [-0.2, -0.15) is 0 Å². The molecule has 1 saturated heterocycles. The summed E-state index contributed by atoms with van der Waals surface area (Å²) < 4.78 is 2.30. The third-order valence-corrected chi connectivity index (χ3v) is 7.80. The van der Waals surface area contributed by atoms with Crippen molar-refractivity contribution in [2.24, 2.45) is 0 Å². The fraction of sp³-hybridized carbons (Fsp3) is 0.471. The van der Waals surface area contributed by atoms with Crippen LogP contribution in [0.3, 0.4) is 0 Å². The molecule has 0 saturated carbocycles. The van der Waals surface area contributed by atoms with Gasteiger partial charge in [-0.3, -0.25) is 0 Å². The third-order valence-electron chi connectivity index (χ3n) is 4.69. The van der Waals surface area contributed by atoms with Crippen LogP contribution in [0, 0.1) is 0 Å². The molecule has 0 amide bonds. The van der Waals surface area contributed by atoms with Crippen molar-refractivity contribution in [2.45, 2.75) is 36.7 Å². The van der Waals surface area contributed by atoms with Crippen LogP contribution < -0.4 is 0 Å². The molecule has 0 aromatic heterocycles. The summed E-state index contributed by atoms with van der Waals surface area (Å²) >= 11 is 16.1. The van der Waals surface area contributed by atoms with E-state index in [0.717, 1.165) is 24.3 Å². The van der Waals surface area contributed by atoms with E-state index in [1.807, 2.05) is 11.8 Å². The summed E-state index contributed by atoms with van der Waals surface area (Å²) in [5.41, 5.74) is 6.22. The second kappa shape index (κ2) is 6.11. The third kappa shape index (κ3) is 2.87. The molecule has 0 aromatic rings. The second-order valence-corrected chi connectivity index (χ2v) is 9.41. The standard InChI is InChI=1S/C17H17Cl2N2S2/c1-20-12-7-10(18)3-5-14(12)22-16(20)9-17-21(2)13-8-11(19)4-6-15(13)23-17/h5,9-10,12-13H,3,7-8H2,1-2H3/q+1. The lowest BCUT2D eigenvalue weighted by molar-refractivity contribution is -0.520. The molecule has 2 nitrogen and oxygen atoms in total. The highest BCUT2D eigenvalue weighted by Crippen LogP contribution is 2.47. The molecule has 0 spiro atoms. The molecule has 4 aliphatic rings. The van der Waals surface area contributed by atoms with Crippen LogP contribution in [0.25, 0.3) is 0 Å². The number of alkyl halides is 1. The van der Waals surface area contributed by atoms with Crippen molar-refractivity contribution < 1.29 is 4.58 Å². The predicted molar refractivity (Wildman–Crippen MR) is 101 cm³/mol. The molecule has 2 heterocycles. The molecular weight excluding hydrogens is 367 g/mol. The Bertz CT molecular complexity index is 767. The number of rotatable bonds is 1. The van der Waals surface area contributed by atoms with Crippen LogP contribution >= 0.6 is 46.7 Å². The minimum Gasteiger partial charge on any atom is -0.361 e. The molecule has 6 heteroatoms. The predicted octanol–water partition coefficient (Wildman–Crippen LogP) is 4.48. The van der Waals surface area contributed by atoms with E-state index in [9.17, 15) is 0 Å². The van der Waals surface area contributed by atoms with Gasteiger partial charge in [0.05, 0.1) is 22.5 Å². The minimum atomic E-state index is 0.258. The Morgan fingerprint density at radius 1 is 1.39 bits per heavy atom. The Hall–Kier alpha value is -0.470. The molecule has 2 aliphatic heterocycles. The second-order valence-electron chi connectivity index (χ2n) is 6.18. The van der Waals surface area contributed by atoms with E-state index < -0.39 is 0 Å². The highest BCUT2D eigenvalue weighted by molar-refractivity contribution is 8.17. The lowest BCUT2D eigenvalue weighted by Gasteiger charge is -2.26. The van der Waals surface area contributed by atoms with E-state index in [1.165, 1.54) is 19.9 Å². The van der Waals surface area contributed by atoms with Crippen LogP contribution in [0.5, 0.6) is 0 Å². The molecule has 0 bridgehead atoms. The van der Waals surface area contributed by atoms with Crippen LogP contribution in [0.15, 0.2) is 43.5 Å². The zero-order chi connectivity index (χ0) is 16.1. The van der Waals surface area contributed by atoms with Gasteiger partial charge in [0.15, 0.2) is 6.04 Å². The van der Waals surface area contributed by atoms with Crippen LogP contribution in [-0.2, 0) is 0 Å². The van der Waals surface area contributed by atoms with E-state index in [2.05, 4.69) is 47.2 Å². The topological polar surface area (TPSA) is 6.25 Å². The Morgan fingerprint density at radius 2 is 2.22 bits per heavy atom. The van der Waals surface area contributed by atoms with Gasteiger partial charge >= 0.3 is 0 Å². The number of halogens is 2. The van der Waals surface area contributed by atoms with Gasteiger partial charge in [0, 0.05) is 23.4 Å². The number of likely N-dealkylation sites (N-methyl/N-ethyl adjacent to an activating group) is 2. The largest absolute Gasteiger partial charge is 0.361 e. The van der Waals surface area contributed by atoms with Gasteiger partial charge in [-0.15, -0.1) is 11.6 Å². The van der Waals surface area contributed by atoms with Crippen molar-refractivity contribution in [1.29, 1.82) is 0 Å². The zero-order valence-electron chi connectivity index (χ0n) is 13.0. The maximum atomic E-state index is 6.34. The first-order valence-corrected chi connectivity index (χ1v) is 10.1. The van der Waals surface area contributed by atoms with E-state index in [1.54, 1.807) is 11.8 Å². The Morgan fingerprint density at radius 3 is 3.04 bits per heavy atom. The van der Waals surface area contributed by atoms with Gasteiger partial charge < -0.3 is 4.90 Å². The van der Waals surface area contributed by atoms with E-state index in [0.29, 0.717) is 12.1 Å². The van der Waals surface area contributed by atoms with Crippen molar-refractivity contribution in [3.8, 4) is 0 Å². The summed E-state index contributed by atoms with van der Waals surface area (Å²) in [4.78, 5) is 5.03. The lowest BCUT2D eigenvalue weighted by Crippen LogP contribution is -2.30. The van der Waals surface area contributed by atoms with Crippen molar-refractivity contribution in [3.63, 3.8) is 0 Å². The van der Waals surface area contributed by atoms with Crippen LogP contribution in [-0.4, -0.2) is 46.1 Å². The molecule has 23 heavy (non-hydrogen) atoms. The lowest BCUT2D eigenvalue weighted by atomic mass is 10.0. The summed E-state index contributed by atoms with van der Waals surface area (Å²) in [5, 5.41) is 3.57. The van der Waals surface area contributed by atoms with E-state index in [-0.39, 0.29) is 5.38 Å². The molecule has 0 radical (unpaired) electrons. The fourth-order valence-corrected chi connectivity index (χ4v) is 6.20.